The molecule has 0 unspecified atom stereocenters. The number of nitrogens with one attached hydrogen (secondary N) is 1. The quantitative estimate of drug-likeness (QED) is 0.679. The fourth-order valence-corrected chi connectivity index (χ4v) is 1.09. The predicted octanol–water partition coefficient (Wildman–Crippen LogP) is -0.0415. The number of hydrogen-bond donors (Lipinski definition) is 3. The van der Waals surface area contributed by atoms with E-state index in [0.29, 0.717) is 0 Å². The van der Waals surface area contributed by atoms with Gasteiger partial charge in [0.1, 0.15) is 11.3 Å². The van der Waals surface area contributed by atoms with Gasteiger partial charge in [-0.3, -0.25) is 10.1 Å². The number of aromatic carboxylic acids is 1. The molecule has 0 bridgehead atoms. The van der Waals surface area contributed by atoms with Gasteiger partial charge in [-0.25, -0.2) is 9.59 Å². The Bertz CT molecular complexity index is 458. The maximum absolute atomic E-state index is 11.0. The molecule has 17 heavy (non-hydrogen) atoms. The molecule has 1 rings (SSSR count). The molecule has 0 aliphatic heterocycles. The van der Waals surface area contributed by atoms with E-state index in [1.807, 2.05) is 0 Å². The Morgan fingerprint density at radius 2 is 1.94 bits per heavy atom. The lowest BCUT2D eigenvalue weighted by Crippen LogP contribution is -2.38. The number of urea groups is 1. The van der Waals surface area contributed by atoms with Crippen LogP contribution >= 0.6 is 0 Å². The molecule has 0 atom stereocenters. The molecule has 0 aliphatic carbocycles. The van der Waals surface area contributed by atoms with E-state index in [1.165, 1.54) is 18.2 Å². The van der Waals surface area contributed by atoms with Gasteiger partial charge < -0.3 is 15.6 Å². The van der Waals surface area contributed by atoms with E-state index in [4.69, 9.17) is 15.6 Å². The Hall–Kier alpha value is -2.57. The van der Waals surface area contributed by atoms with Crippen molar-refractivity contribution in [2.24, 2.45) is 5.73 Å². The van der Waals surface area contributed by atoms with Crippen LogP contribution in [-0.2, 0) is 4.79 Å². The maximum Gasteiger partial charge on any atom is 0.339 e. The summed E-state index contributed by atoms with van der Waals surface area (Å²) in [6.07, 6.45) is 0. The number of imide groups is 1. The zero-order valence-electron chi connectivity index (χ0n) is 8.67. The number of ether oxygens (including phenoxy) is 1. The second-order valence-corrected chi connectivity index (χ2v) is 3.00. The van der Waals surface area contributed by atoms with E-state index in [9.17, 15) is 14.4 Å². The highest BCUT2D eigenvalue weighted by molar-refractivity contribution is 5.94. The van der Waals surface area contributed by atoms with E-state index in [2.05, 4.69) is 0 Å². The van der Waals surface area contributed by atoms with Gasteiger partial charge in [0.05, 0.1) is 0 Å². The van der Waals surface area contributed by atoms with Gasteiger partial charge in [-0.1, -0.05) is 12.1 Å². The summed E-state index contributed by atoms with van der Waals surface area (Å²) in [6, 6.07) is 4.84. The van der Waals surface area contributed by atoms with E-state index < -0.39 is 24.5 Å². The van der Waals surface area contributed by atoms with Gasteiger partial charge in [-0.15, -0.1) is 0 Å². The second-order valence-electron chi connectivity index (χ2n) is 3.00. The summed E-state index contributed by atoms with van der Waals surface area (Å²) >= 11 is 0. The topological polar surface area (TPSA) is 119 Å². The molecule has 0 aromatic heterocycles. The lowest BCUT2D eigenvalue weighted by atomic mass is 10.2. The van der Waals surface area contributed by atoms with Crippen molar-refractivity contribution in [1.82, 2.24) is 5.32 Å². The highest BCUT2D eigenvalue weighted by atomic mass is 16.5. The van der Waals surface area contributed by atoms with Crippen LogP contribution in [0, 0.1) is 0 Å². The van der Waals surface area contributed by atoms with Crippen molar-refractivity contribution in [3.63, 3.8) is 0 Å². The maximum atomic E-state index is 11.0. The molecule has 1 aromatic rings. The molecule has 0 radical (unpaired) electrons. The van der Waals surface area contributed by atoms with Crippen LogP contribution in [0.15, 0.2) is 24.3 Å². The summed E-state index contributed by atoms with van der Waals surface area (Å²) in [5, 5.41) is 10.6. The Morgan fingerprint density at radius 1 is 1.29 bits per heavy atom. The van der Waals surface area contributed by atoms with E-state index in [0.717, 1.165) is 0 Å². The molecule has 0 saturated carbocycles. The largest absolute Gasteiger partial charge is 0.483 e. The van der Waals surface area contributed by atoms with Crippen LogP contribution in [0.5, 0.6) is 5.75 Å². The zero-order chi connectivity index (χ0) is 12.8. The first-order chi connectivity index (χ1) is 8.00. The molecule has 7 nitrogen and oxygen atoms in total. The molecule has 0 aliphatic rings. The van der Waals surface area contributed by atoms with E-state index in [-0.39, 0.29) is 11.3 Å². The van der Waals surface area contributed by atoms with Crippen molar-refractivity contribution in [3.05, 3.63) is 29.8 Å². The fraction of sp³-hybridized carbons (Fsp3) is 0.100. The Balaban J connectivity index is 2.66. The van der Waals surface area contributed by atoms with Crippen molar-refractivity contribution >= 4 is 17.9 Å². The van der Waals surface area contributed by atoms with Crippen LogP contribution in [0.1, 0.15) is 10.4 Å². The second kappa shape index (κ2) is 5.50. The van der Waals surface area contributed by atoms with Crippen molar-refractivity contribution in [2.45, 2.75) is 0 Å². The van der Waals surface area contributed by atoms with Gasteiger partial charge in [0, 0.05) is 0 Å². The van der Waals surface area contributed by atoms with Gasteiger partial charge >= 0.3 is 12.0 Å². The van der Waals surface area contributed by atoms with Crippen molar-refractivity contribution in [3.8, 4) is 5.75 Å². The van der Waals surface area contributed by atoms with E-state index >= 15 is 0 Å². The van der Waals surface area contributed by atoms with Gasteiger partial charge in [-0.05, 0) is 12.1 Å². The molecule has 1 aromatic carbocycles. The number of benzene rings is 1. The van der Waals surface area contributed by atoms with Crippen molar-refractivity contribution in [2.75, 3.05) is 6.61 Å². The van der Waals surface area contributed by atoms with E-state index in [1.54, 1.807) is 11.4 Å². The first kappa shape index (κ1) is 12.5. The van der Waals surface area contributed by atoms with Crippen molar-refractivity contribution in [1.29, 1.82) is 0 Å². The van der Waals surface area contributed by atoms with Crippen LogP contribution in [0.25, 0.3) is 0 Å². The summed E-state index contributed by atoms with van der Waals surface area (Å²) in [6.45, 7) is -0.493. The minimum atomic E-state index is -1.17. The Kier molecular flexibility index (Phi) is 4.04. The monoisotopic (exact) mass is 238 g/mol. The first-order valence-corrected chi connectivity index (χ1v) is 4.55. The molecular formula is C10H10N2O5. The fourth-order valence-electron chi connectivity index (χ4n) is 1.09. The molecule has 0 fully saturated rings. The molecule has 4 N–H and O–H groups in total. The van der Waals surface area contributed by atoms with Crippen LogP contribution in [0.2, 0.25) is 0 Å². The van der Waals surface area contributed by atoms with Gasteiger partial charge in [0.15, 0.2) is 6.61 Å². The summed E-state index contributed by atoms with van der Waals surface area (Å²) in [4.78, 5) is 32.1. The minimum absolute atomic E-state index is 0.0413. The number of rotatable bonds is 4. The SMILES string of the molecule is NC(=O)NC(=O)COc1ccccc1C(=O)O. The highest BCUT2D eigenvalue weighted by Crippen LogP contribution is 2.17. The summed E-state index contributed by atoms with van der Waals surface area (Å²) in [7, 11) is 0. The summed E-state index contributed by atoms with van der Waals surface area (Å²) in [5.74, 6) is -1.88. The molecule has 0 spiro atoms. The number of nitrogens with two attached hydrogens (primary N) is 1. The average molecular weight is 238 g/mol. The average Bonchev–Trinajstić information content (AvgIpc) is 2.25. The summed E-state index contributed by atoms with van der Waals surface area (Å²) < 4.78 is 4.96. The zero-order valence-corrected chi connectivity index (χ0v) is 8.67. The van der Waals surface area contributed by atoms with Gasteiger partial charge in [0.2, 0.25) is 0 Å². The number of primary amides is 1. The van der Waals surface area contributed by atoms with Crippen LogP contribution < -0.4 is 15.8 Å². The third kappa shape index (κ3) is 3.82. The standard InChI is InChI=1S/C10H10N2O5/c11-10(16)12-8(13)5-17-7-4-2-1-3-6(7)9(14)15/h1-4H,5H2,(H,14,15)(H3,11,12,13,16). The smallest absolute Gasteiger partial charge is 0.339 e. The number of carboxylic acids is 1. The lowest BCUT2D eigenvalue weighted by Gasteiger charge is -2.07. The first-order valence-electron chi connectivity index (χ1n) is 4.55. The predicted molar refractivity (Wildman–Crippen MR) is 56.6 cm³/mol. The molecular weight excluding hydrogens is 228 g/mol. The van der Waals surface area contributed by atoms with Crippen LogP contribution in [-0.4, -0.2) is 29.6 Å². The molecule has 0 saturated heterocycles. The normalized spacial score (nSPS) is 9.41. The molecule has 0 heterocycles. The number of carbonyl (C=O) groups is 3. The van der Waals surface area contributed by atoms with Gasteiger partial charge in [0.25, 0.3) is 5.91 Å². The molecule has 7 heteroatoms. The number of carboxylic acid groups (broad SMARTS) is 1. The van der Waals surface area contributed by atoms with Crippen molar-refractivity contribution < 1.29 is 24.2 Å². The molecule has 90 valence electrons. The lowest BCUT2D eigenvalue weighted by molar-refractivity contribution is -0.121. The number of carbonyl (C=O) groups excluding carboxylic acids is 2. The van der Waals surface area contributed by atoms with Gasteiger partial charge in [-0.2, -0.15) is 0 Å². The number of amides is 3. The minimum Gasteiger partial charge on any atom is -0.483 e. The molecule has 3 amide bonds. The number of hydrogen-bond acceptors (Lipinski definition) is 4. The third-order valence-electron chi connectivity index (χ3n) is 1.74. The van der Waals surface area contributed by atoms with Crippen LogP contribution in [0.3, 0.4) is 0 Å². The Labute approximate surface area is 96.2 Å². The highest BCUT2D eigenvalue weighted by Gasteiger charge is 2.12. The van der Waals surface area contributed by atoms with Crippen LogP contribution in [0.4, 0.5) is 4.79 Å². The Morgan fingerprint density at radius 3 is 2.53 bits per heavy atom. The third-order valence-corrected chi connectivity index (χ3v) is 1.74. The summed E-state index contributed by atoms with van der Waals surface area (Å²) in [5.41, 5.74) is 4.65. The number of para-hydroxylation sites is 1.